The largest absolute Gasteiger partial charge is 0.396 e. The average molecular weight is 262 g/mol. The van der Waals surface area contributed by atoms with Gasteiger partial charge in [0.25, 0.3) is 0 Å². The molecule has 18 heavy (non-hydrogen) atoms. The molecule has 0 bridgehead atoms. The predicted molar refractivity (Wildman–Crippen MR) is 64.3 cm³/mol. The number of amides is 2. The first-order chi connectivity index (χ1) is 8.26. The van der Waals surface area contributed by atoms with E-state index in [1.54, 1.807) is 0 Å². The molecule has 106 valence electrons. The van der Waals surface area contributed by atoms with Crippen molar-refractivity contribution in [2.75, 3.05) is 19.8 Å². The first-order valence-corrected chi connectivity index (χ1v) is 5.73. The molecule has 0 rings (SSSR count). The number of carbonyl (C=O) groups excluding carboxylic acids is 2. The lowest BCUT2D eigenvalue weighted by atomic mass is 9.87. The first kappa shape index (κ1) is 16.8. The minimum absolute atomic E-state index is 0.0483. The van der Waals surface area contributed by atoms with Crippen molar-refractivity contribution >= 4 is 11.8 Å². The molecule has 0 aromatic heterocycles. The van der Waals surface area contributed by atoms with Crippen molar-refractivity contribution in [1.82, 2.24) is 5.32 Å². The number of primary amides is 1. The molecule has 0 saturated heterocycles. The molecule has 0 aromatic carbocycles. The summed E-state index contributed by atoms with van der Waals surface area (Å²) in [5.41, 5.74) is 4.12. The summed E-state index contributed by atoms with van der Waals surface area (Å²) in [6.07, 6.45) is -1.24. The number of aliphatic hydroxyl groups is 3. The Bertz CT molecular complexity index is 293. The van der Waals surface area contributed by atoms with Crippen LogP contribution in [0.5, 0.6) is 0 Å². The molecule has 0 aliphatic rings. The number of carbonyl (C=O) groups is 2. The molecular formula is C11H22N2O5. The number of hydrogen-bond acceptors (Lipinski definition) is 5. The van der Waals surface area contributed by atoms with Crippen LogP contribution in [0.4, 0.5) is 0 Å². The summed E-state index contributed by atoms with van der Waals surface area (Å²) in [6, 6.07) is 0. The van der Waals surface area contributed by atoms with Gasteiger partial charge in [-0.3, -0.25) is 9.59 Å². The second kappa shape index (κ2) is 7.30. The van der Waals surface area contributed by atoms with Crippen molar-refractivity contribution in [3.05, 3.63) is 0 Å². The molecule has 0 radical (unpaired) electrons. The third-order valence-corrected chi connectivity index (χ3v) is 2.80. The molecule has 0 aromatic rings. The molecule has 0 heterocycles. The minimum atomic E-state index is -1.38. The lowest BCUT2D eigenvalue weighted by Gasteiger charge is -2.27. The van der Waals surface area contributed by atoms with Crippen molar-refractivity contribution in [3.8, 4) is 0 Å². The predicted octanol–water partition coefficient (Wildman–Crippen LogP) is -2.03. The monoisotopic (exact) mass is 262 g/mol. The zero-order valence-electron chi connectivity index (χ0n) is 10.7. The van der Waals surface area contributed by atoms with E-state index in [0.29, 0.717) is 0 Å². The molecule has 0 fully saturated rings. The van der Waals surface area contributed by atoms with Crippen molar-refractivity contribution < 1.29 is 24.9 Å². The van der Waals surface area contributed by atoms with Crippen LogP contribution in [0.2, 0.25) is 0 Å². The van der Waals surface area contributed by atoms with Crippen LogP contribution in [0.25, 0.3) is 0 Å². The Morgan fingerprint density at radius 2 is 1.89 bits per heavy atom. The summed E-state index contributed by atoms with van der Waals surface area (Å²) >= 11 is 0. The fourth-order valence-electron chi connectivity index (χ4n) is 1.26. The Balaban J connectivity index is 4.36. The van der Waals surface area contributed by atoms with Gasteiger partial charge in [-0.25, -0.2) is 0 Å². The highest BCUT2D eigenvalue weighted by Crippen LogP contribution is 2.19. The van der Waals surface area contributed by atoms with E-state index in [2.05, 4.69) is 5.32 Å². The van der Waals surface area contributed by atoms with E-state index >= 15 is 0 Å². The maximum Gasteiger partial charge on any atom is 0.249 e. The standard InChI is InChI=1S/C11H22N2O5/c1-11(2,6-15)8(16)10(18)13-5-7(3-4-14)9(12)17/h7-8,14-16H,3-6H2,1-2H3,(H2,12,17)(H,13,18)/t7?,8-/m0/s1. The van der Waals surface area contributed by atoms with Gasteiger partial charge in [0.05, 0.1) is 12.5 Å². The van der Waals surface area contributed by atoms with E-state index in [9.17, 15) is 14.7 Å². The Morgan fingerprint density at radius 3 is 2.28 bits per heavy atom. The van der Waals surface area contributed by atoms with Gasteiger partial charge in [-0.1, -0.05) is 13.8 Å². The highest BCUT2D eigenvalue weighted by Gasteiger charge is 2.33. The van der Waals surface area contributed by atoms with Gasteiger partial charge in [-0.15, -0.1) is 0 Å². The van der Waals surface area contributed by atoms with Crippen LogP contribution in [0.3, 0.4) is 0 Å². The molecule has 2 atom stereocenters. The van der Waals surface area contributed by atoms with Gasteiger partial charge in [-0.05, 0) is 6.42 Å². The minimum Gasteiger partial charge on any atom is -0.396 e. The summed E-state index contributed by atoms with van der Waals surface area (Å²) < 4.78 is 0. The smallest absolute Gasteiger partial charge is 0.249 e. The van der Waals surface area contributed by atoms with Crippen LogP contribution in [0, 0.1) is 11.3 Å². The van der Waals surface area contributed by atoms with E-state index < -0.39 is 29.3 Å². The summed E-state index contributed by atoms with van der Waals surface area (Å²) in [5.74, 6) is -1.98. The van der Waals surface area contributed by atoms with Crippen LogP contribution < -0.4 is 11.1 Å². The summed E-state index contributed by atoms with van der Waals surface area (Å²) in [7, 11) is 0. The van der Waals surface area contributed by atoms with Crippen LogP contribution >= 0.6 is 0 Å². The Morgan fingerprint density at radius 1 is 1.33 bits per heavy atom. The van der Waals surface area contributed by atoms with Gasteiger partial charge >= 0.3 is 0 Å². The summed E-state index contributed by atoms with van der Waals surface area (Å²) in [4.78, 5) is 22.6. The number of nitrogens with two attached hydrogens (primary N) is 1. The second-order valence-electron chi connectivity index (χ2n) is 4.91. The van der Waals surface area contributed by atoms with E-state index in [-0.39, 0.29) is 26.2 Å². The van der Waals surface area contributed by atoms with Crippen LogP contribution in [-0.2, 0) is 9.59 Å². The number of hydrogen-bond donors (Lipinski definition) is 5. The molecule has 1 unspecified atom stereocenters. The average Bonchev–Trinajstić information content (AvgIpc) is 2.32. The molecule has 0 aliphatic carbocycles. The van der Waals surface area contributed by atoms with Crippen molar-refractivity contribution in [2.24, 2.45) is 17.1 Å². The van der Waals surface area contributed by atoms with Gasteiger partial charge in [0.2, 0.25) is 11.8 Å². The lowest BCUT2D eigenvalue weighted by molar-refractivity contribution is -0.137. The maximum atomic E-state index is 11.6. The lowest BCUT2D eigenvalue weighted by Crippen LogP contribution is -2.47. The van der Waals surface area contributed by atoms with E-state index in [1.807, 2.05) is 0 Å². The molecule has 0 saturated carbocycles. The molecule has 2 amide bonds. The van der Waals surface area contributed by atoms with Crippen molar-refractivity contribution in [2.45, 2.75) is 26.4 Å². The van der Waals surface area contributed by atoms with Crippen molar-refractivity contribution in [3.63, 3.8) is 0 Å². The molecule has 0 spiro atoms. The third kappa shape index (κ3) is 4.99. The third-order valence-electron chi connectivity index (χ3n) is 2.80. The molecule has 6 N–H and O–H groups in total. The first-order valence-electron chi connectivity index (χ1n) is 5.73. The van der Waals surface area contributed by atoms with Gasteiger partial charge in [-0.2, -0.15) is 0 Å². The summed E-state index contributed by atoms with van der Waals surface area (Å²) in [6.45, 7) is 2.46. The quantitative estimate of drug-likeness (QED) is 0.344. The van der Waals surface area contributed by atoms with Gasteiger partial charge < -0.3 is 26.4 Å². The normalized spacial score (nSPS) is 14.9. The van der Waals surface area contributed by atoms with Crippen LogP contribution in [0.1, 0.15) is 20.3 Å². The molecule has 7 nitrogen and oxygen atoms in total. The highest BCUT2D eigenvalue weighted by atomic mass is 16.3. The van der Waals surface area contributed by atoms with Gasteiger partial charge in [0.1, 0.15) is 6.10 Å². The number of nitrogens with one attached hydrogen (secondary N) is 1. The number of rotatable bonds is 8. The Hall–Kier alpha value is -1.18. The number of aliphatic hydroxyl groups excluding tert-OH is 3. The van der Waals surface area contributed by atoms with Crippen LogP contribution in [0.15, 0.2) is 0 Å². The molecule has 0 aliphatic heterocycles. The summed E-state index contributed by atoms with van der Waals surface area (Å²) in [5, 5.41) is 29.8. The van der Waals surface area contributed by atoms with E-state index in [1.165, 1.54) is 13.8 Å². The van der Waals surface area contributed by atoms with E-state index in [0.717, 1.165) is 0 Å². The van der Waals surface area contributed by atoms with E-state index in [4.69, 9.17) is 15.9 Å². The fourth-order valence-corrected chi connectivity index (χ4v) is 1.26. The Kier molecular flexibility index (Phi) is 6.82. The van der Waals surface area contributed by atoms with Gasteiger partial charge in [0.15, 0.2) is 0 Å². The Labute approximate surface area is 106 Å². The zero-order chi connectivity index (χ0) is 14.3. The molecular weight excluding hydrogens is 240 g/mol. The molecule has 7 heteroatoms. The SMILES string of the molecule is CC(C)(CO)[C@@H](O)C(=O)NCC(CCO)C(N)=O. The zero-order valence-corrected chi connectivity index (χ0v) is 10.7. The maximum absolute atomic E-state index is 11.6. The van der Waals surface area contributed by atoms with Crippen LogP contribution in [-0.4, -0.2) is 53.0 Å². The highest BCUT2D eigenvalue weighted by molar-refractivity contribution is 5.82. The fraction of sp³-hybridized carbons (Fsp3) is 0.818. The topological polar surface area (TPSA) is 133 Å². The second-order valence-corrected chi connectivity index (χ2v) is 4.91. The van der Waals surface area contributed by atoms with Gasteiger partial charge in [0, 0.05) is 18.6 Å². The van der Waals surface area contributed by atoms with Crippen molar-refractivity contribution in [1.29, 1.82) is 0 Å².